The zero-order chi connectivity index (χ0) is 5.98. The van der Waals surface area contributed by atoms with Crippen LogP contribution in [0.5, 0.6) is 0 Å². The lowest BCUT2D eigenvalue weighted by molar-refractivity contribution is 0.0172. The van der Waals surface area contributed by atoms with Gasteiger partial charge in [-0.2, -0.15) is 0 Å². The number of ether oxygens (including phenoxy) is 1. The molecule has 1 heterocycles. The van der Waals surface area contributed by atoms with E-state index in [0.717, 1.165) is 19.4 Å². The molecule has 1 rings (SSSR count). The third-order valence-electron chi connectivity index (χ3n) is 1.54. The summed E-state index contributed by atoms with van der Waals surface area (Å²) >= 11 is 0. The largest absolute Gasteiger partial charge is 0.377 e. The first-order valence-corrected chi connectivity index (χ1v) is 3.16. The van der Waals surface area contributed by atoms with Gasteiger partial charge in [-0.25, -0.2) is 0 Å². The monoisotopic (exact) mass is 115 g/mol. The molecule has 0 bridgehead atoms. The fourth-order valence-electron chi connectivity index (χ4n) is 0.903. The molecular weight excluding hydrogens is 102 g/mol. The van der Waals surface area contributed by atoms with Crippen LogP contribution < -0.4 is 5.73 Å². The van der Waals surface area contributed by atoms with Crippen molar-refractivity contribution in [3.05, 3.63) is 0 Å². The zero-order valence-corrected chi connectivity index (χ0v) is 5.26. The lowest BCUT2D eigenvalue weighted by atomic mass is 10.1. The molecule has 2 heteroatoms. The minimum Gasteiger partial charge on any atom is -0.377 e. The van der Waals surface area contributed by atoms with Gasteiger partial charge in [-0.05, 0) is 19.8 Å². The van der Waals surface area contributed by atoms with Crippen molar-refractivity contribution < 1.29 is 4.74 Å². The predicted molar refractivity (Wildman–Crippen MR) is 32.6 cm³/mol. The van der Waals surface area contributed by atoms with Crippen molar-refractivity contribution in [2.24, 2.45) is 5.73 Å². The Morgan fingerprint density at radius 2 is 2.25 bits per heavy atom. The number of rotatable bonds is 0. The topological polar surface area (TPSA) is 35.2 Å². The van der Waals surface area contributed by atoms with Crippen molar-refractivity contribution in [1.82, 2.24) is 0 Å². The summed E-state index contributed by atoms with van der Waals surface area (Å²) in [6.45, 7) is 2.84. The van der Waals surface area contributed by atoms with Crippen LogP contribution in [-0.2, 0) is 4.74 Å². The molecule has 1 saturated heterocycles. The number of hydrogen-bond acceptors (Lipinski definition) is 2. The summed E-state index contributed by atoms with van der Waals surface area (Å²) in [5, 5.41) is 0. The summed E-state index contributed by atoms with van der Waals surface area (Å²) in [5.74, 6) is 0. The molecule has 1 aliphatic rings. The molecule has 0 spiro atoms. The molecule has 0 saturated carbocycles. The van der Waals surface area contributed by atoms with Gasteiger partial charge in [-0.15, -0.1) is 0 Å². The van der Waals surface area contributed by atoms with Crippen molar-refractivity contribution in [2.75, 3.05) is 6.61 Å². The molecular formula is C6H13NO. The molecule has 0 radical (unpaired) electrons. The molecule has 0 aromatic heterocycles. The Kier molecular flexibility index (Phi) is 1.86. The van der Waals surface area contributed by atoms with E-state index in [2.05, 4.69) is 6.92 Å². The average Bonchev–Trinajstić information content (AvgIpc) is 1.77. The highest BCUT2D eigenvalue weighted by molar-refractivity contribution is 4.68. The van der Waals surface area contributed by atoms with E-state index in [1.165, 1.54) is 0 Å². The Morgan fingerprint density at radius 3 is 2.62 bits per heavy atom. The molecule has 0 aliphatic carbocycles. The van der Waals surface area contributed by atoms with Gasteiger partial charge in [0.05, 0.1) is 12.7 Å². The first-order chi connectivity index (χ1) is 3.79. The van der Waals surface area contributed by atoms with E-state index in [1.807, 2.05) is 0 Å². The van der Waals surface area contributed by atoms with Gasteiger partial charge in [0.25, 0.3) is 0 Å². The van der Waals surface area contributed by atoms with Crippen LogP contribution >= 0.6 is 0 Å². The van der Waals surface area contributed by atoms with E-state index in [4.69, 9.17) is 10.5 Å². The van der Waals surface area contributed by atoms with Gasteiger partial charge in [0.1, 0.15) is 0 Å². The quantitative estimate of drug-likeness (QED) is 0.499. The fraction of sp³-hybridized carbons (Fsp3) is 1.00. The van der Waals surface area contributed by atoms with Crippen LogP contribution in [0.15, 0.2) is 0 Å². The smallest absolute Gasteiger partial charge is 0.0621 e. The van der Waals surface area contributed by atoms with E-state index in [1.54, 1.807) is 0 Å². The molecule has 48 valence electrons. The van der Waals surface area contributed by atoms with Gasteiger partial charge < -0.3 is 10.5 Å². The standard InChI is InChI=1S/C6H13NO/c1-5-2-3-6(7)4-8-5/h5-6H,2-4,7H2,1H3/t5-,6-/m1/s1. The first-order valence-electron chi connectivity index (χ1n) is 3.16. The van der Waals surface area contributed by atoms with Gasteiger partial charge in [0.15, 0.2) is 0 Å². The molecule has 0 amide bonds. The molecule has 0 aromatic rings. The van der Waals surface area contributed by atoms with Crippen LogP contribution in [-0.4, -0.2) is 18.8 Å². The highest BCUT2D eigenvalue weighted by Crippen LogP contribution is 2.10. The van der Waals surface area contributed by atoms with Gasteiger partial charge in [-0.3, -0.25) is 0 Å². The predicted octanol–water partition coefficient (Wildman–Crippen LogP) is 0.513. The molecule has 2 N–H and O–H groups in total. The zero-order valence-electron chi connectivity index (χ0n) is 5.26. The summed E-state index contributed by atoms with van der Waals surface area (Å²) in [7, 11) is 0. The van der Waals surface area contributed by atoms with Crippen LogP contribution in [0.3, 0.4) is 0 Å². The Labute approximate surface area is 50.0 Å². The minimum absolute atomic E-state index is 0.297. The minimum atomic E-state index is 0.297. The van der Waals surface area contributed by atoms with Crippen LogP contribution in [0.25, 0.3) is 0 Å². The van der Waals surface area contributed by atoms with Crippen molar-refractivity contribution in [3.8, 4) is 0 Å². The summed E-state index contributed by atoms with van der Waals surface area (Å²) in [4.78, 5) is 0. The van der Waals surface area contributed by atoms with E-state index in [0.29, 0.717) is 12.1 Å². The maximum absolute atomic E-state index is 5.57. The van der Waals surface area contributed by atoms with Crippen LogP contribution in [0, 0.1) is 0 Å². The third-order valence-corrected chi connectivity index (χ3v) is 1.54. The lowest BCUT2D eigenvalue weighted by Gasteiger charge is -2.23. The summed E-state index contributed by atoms with van der Waals surface area (Å²) in [6.07, 6.45) is 2.69. The second-order valence-electron chi connectivity index (χ2n) is 2.48. The maximum atomic E-state index is 5.57. The van der Waals surface area contributed by atoms with Crippen LogP contribution in [0.2, 0.25) is 0 Å². The summed E-state index contributed by atoms with van der Waals surface area (Å²) in [6, 6.07) is 0.297. The molecule has 8 heavy (non-hydrogen) atoms. The SMILES string of the molecule is C[C@@H]1CC[C@@H](N)CO1. The van der Waals surface area contributed by atoms with E-state index >= 15 is 0 Å². The van der Waals surface area contributed by atoms with Crippen molar-refractivity contribution in [2.45, 2.75) is 31.9 Å². The highest BCUT2D eigenvalue weighted by atomic mass is 16.5. The first kappa shape index (κ1) is 6.05. The van der Waals surface area contributed by atoms with Crippen LogP contribution in [0.4, 0.5) is 0 Å². The third kappa shape index (κ3) is 1.46. The van der Waals surface area contributed by atoms with Crippen LogP contribution in [0.1, 0.15) is 19.8 Å². The molecule has 1 fully saturated rings. The molecule has 2 atom stereocenters. The van der Waals surface area contributed by atoms with Gasteiger partial charge in [0, 0.05) is 6.04 Å². The summed E-state index contributed by atoms with van der Waals surface area (Å²) < 4.78 is 5.27. The van der Waals surface area contributed by atoms with E-state index in [-0.39, 0.29) is 0 Å². The van der Waals surface area contributed by atoms with Crippen molar-refractivity contribution in [3.63, 3.8) is 0 Å². The maximum Gasteiger partial charge on any atom is 0.0621 e. The normalized spacial score (nSPS) is 39.8. The number of nitrogens with two attached hydrogens (primary N) is 1. The Balaban J connectivity index is 2.19. The molecule has 1 aliphatic heterocycles. The second-order valence-corrected chi connectivity index (χ2v) is 2.48. The van der Waals surface area contributed by atoms with Gasteiger partial charge in [-0.1, -0.05) is 0 Å². The fourth-order valence-corrected chi connectivity index (χ4v) is 0.903. The summed E-state index contributed by atoms with van der Waals surface area (Å²) in [5.41, 5.74) is 5.57. The Morgan fingerprint density at radius 1 is 1.50 bits per heavy atom. The second kappa shape index (κ2) is 2.46. The van der Waals surface area contributed by atoms with Gasteiger partial charge in [0.2, 0.25) is 0 Å². The Hall–Kier alpha value is -0.0800. The Bertz CT molecular complexity index is 56.9. The average molecular weight is 115 g/mol. The lowest BCUT2D eigenvalue weighted by Crippen LogP contribution is -2.34. The van der Waals surface area contributed by atoms with E-state index < -0.39 is 0 Å². The van der Waals surface area contributed by atoms with Crippen molar-refractivity contribution in [1.29, 1.82) is 0 Å². The van der Waals surface area contributed by atoms with Crippen molar-refractivity contribution >= 4 is 0 Å². The highest BCUT2D eigenvalue weighted by Gasteiger charge is 2.13. The molecule has 0 aromatic carbocycles. The van der Waals surface area contributed by atoms with E-state index in [9.17, 15) is 0 Å². The molecule has 0 unspecified atom stereocenters. The molecule has 2 nitrogen and oxygen atoms in total. The number of hydrogen-bond donors (Lipinski definition) is 1. The van der Waals surface area contributed by atoms with Gasteiger partial charge >= 0.3 is 0 Å².